The van der Waals surface area contributed by atoms with Crippen LogP contribution in [0.15, 0.2) is 51.0 Å². The molecule has 0 aliphatic carbocycles. The molecule has 1 aliphatic rings. The summed E-state index contributed by atoms with van der Waals surface area (Å²) in [5, 5.41) is 11.4. The van der Waals surface area contributed by atoms with Gasteiger partial charge in [-0.05, 0) is 10.4 Å². The van der Waals surface area contributed by atoms with Gasteiger partial charge in [0.25, 0.3) is 5.66 Å². The van der Waals surface area contributed by atoms with Crippen molar-refractivity contribution in [2.45, 2.75) is 17.8 Å². The third-order valence-electron chi connectivity index (χ3n) is 2.39. The van der Waals surface area contributed by atoms with Crippen molar-refractivity contribution >= 4 is 0 Å². The lowest BCUT2D eigenvalue weighted by molar-refractivity contribution is -0.308. The van der Waals surface area contributed by atoms with Crippen LogP contribution in [0.4, 0.5) is 22.0 Å². The minimum atomic E-state index is -5.81. The molecule has 0 saturated heterocycles. The predicted molar refractivity (Wildman–Crippen MR) is 48.8 cm³/mol. The van der Waals surface area contributed by atoms with Crippen molar-refractivity contribution in [1.29, 1.82) is 0 Å². The SMILES string of the molecule is FC(F)(F)C(F)(F)C1(c2ccccc2)N=NN=N1. The van der Waals surface area contributed by atoms with Crippen molar-refractivity contribution in [3.8, 4) is 0 Å². The van der Waals surface area contributed by atoms with Gasteiger partial charge in [-0.15, -0.1) is 10.2 Å². The summed E-state index contributed by atoms with van der Waals surface area (Å²) in [6, 6.07) is 6.18. The smallest absolute Gasteiger partial charge is 0.191 e. The zero-order chi connectivity index (χ0) is 13.4. The number of rotatable bonds is 2. The summed E-state index contributed by atoms with van der Waals surface area (Å²) in [5.74, 6) is -5.20. The molecule has 0 spiro atoms. The van der Waals surface area contributed by atoms with Crippen LogP contribution in [0.1, 0.15) is 5.56 Å². The van der Waals surface area contributed by atoms with Crippen LogP contribution in [0.25, 0.3) is 0 Å². The fraction of sp³-hybridized carbons (Fsp3) is 0.333. The molecule has 96 valence electrons. The van der Waals surface area contributed by atoms with E-state index in [0.717, 1.165) is 12.1 Å². The predicted octanol–water partition coefficient (Wildman–Crippen LogP) is 3.87. The van der Waals surface area contributed by atoms with E-state index in [-0.39, 0.29) is 0 Å². The monoisotopic (exact) mass is 264 g/mol. The number of halogens is 5. The van der Waals surface area contributed by atoms with E-state index in [2.05, 4.69) is 20.7 Å². The molecule has 1 aliphatic heterocycles. The van der Waals surface area contributed by atoms with Gasteiger partial charge in [0.2, 0.25) is 0 Å². The van der Waals surface area contributed by atoms with Gasteiger partial charge in [0, 0.05) is 5.56 Å². The number of nitrogens with zero attached hydrogens (tertiary/aromatic N) is 4. The van der Waals surface area contributed by atoms with Crippen LogP contribution < -0.4 is 0 Å². The van der Waals surface area contributed by atoms with Crippen LogP contribution in [0.5, 0.6) is 0 Å². The van der Waals surface area contributed by atoms with Crippen LogP contribution in [-0.2, 0) is 5.66 Å². The minimum absolute atomic E-state index is 0.433. The Bertz CT molecular complexity index is 481. The van der Waals surface area contributed by atoms with Crippen molar-refractivity contribution in [2.24, 2.45) is 20.7 Å². The van der Waals surface area contributed by atoms with Gasteiger partial charge in [-0.2, -0.15) is 22.0 Å². The molecule has 0 bridgehead atoms. The molecule has 0 fully saturated rings. The average Bonchev–Trinajstić information content (AvgIpc) is 2.79. The molecular weight excluding hydrogens is 259 g/mol. The molecule has 0 saturated carbocycles. The fourth-order valence-corrected chi connectivity index (χ4v) is 1.48. The van der Waals surface area contributed by atoms with Gasteiger partial charge in [-0.3, -0.25) is 0 Å². The summed E-state index contributed by atoms with van der Waals surface area (Å²) in [7, 11) is 0. The van der Waals surface area contributed by atoms with E-state index in [1.54, 1.807) is 0 Å². The molecule has 0 N–H and O–H groups in total. The zero-order valence-electron chi connectivity index (χ0n) is 8.57. The van der Waals surface area contributed by atoms with Crippen molar-refractivity contribution in [1.82, 2.24) is 0 Å². The average molecular weight is 264 g/mol. The lowest BCUT2D eigenvalue weighted by Crippen LogP contribution is -2.52. The van der Waals surface area contributed by atoms with E-state index in [4.69, 9.17) is 0 Å². The molecule has 2 rings (SSSR count). The van der Waals surface area contributed by atoms with E-state index in [1.807, 2.05) is 0 Å². The van der Waals surface area contributed by atoms with E-state index < -0.39 is 23.3 Å². The highest BCUT2D eigenvalue weighted by Gasteiger charge is 2.73. The lowest BCUT2D eigenvalue weighted by atomic mass is 9.93. The van der Waals surface area contributed by atoms with Gasteiger partial charge >= 0.3 is 12.1 Å². The standard InChI is InChI=1S/C9H5F5N4/c10-8(11,9(12,13)14)7(15-17-18-16-7)6-4-2-1-3-5-6/h1-5H. The molecule has 0 aromatic heterocycles. The van der Waals surface area contributed by atoms with Crippen molar-refractivity contribution < 1.29 is 22.0 Å². The third kappa shape index (κ3) is 1.57. The highest BCUT2D eigenvalue weighted by Crippen LogP contribution is 2.53. The molecule has 0 atom stereocenters. The Morgan fingerprint density at radius 3 is 1.78 bits per heavy atom. The van der Waals surface area contributed by atoms with Crippen LogP contribution in [-0.4, -0.2) is 12.1 Å². The number of hydrogen-bond acceptors (Lipinski definition) is 4. The molecule has 18 heavy (non-hydrogen) atoms. The van der Waals surface area contributed by atoms with Gasteiger partial charge in [0.1, 0.15) is 0 Å². The molecule has 1 heterocycles. The Kier molecular flexibility index (Phi) is 2.63. The first-order chi connectivity index (χ1) is 8.31. The molecule has 0 unspecified atom stereocenters. The molecular formula is C9H5F5N4. The van der Waals surface area contributed by atoms with Gasteiger partial charge in [-0.1, -0.05) is 30.3 Å². The van der Waals surface area contributed by atoms with Gasteiger partial charge in [0.15, 0.2) is 0 Å². The van der Waals surface area contributed by atoms with E-state index in [0.29, 0.717) is 0 Å². The maximum Gasteiger partial charge on any atom is 0.458 e. The molecule has 1 aromatic carbocycles. The van der Waals surface area contributed by atoms with Crippen molar-refractivity contribution in [3.05, 3.63) is 35.9 Å². The van der Waals surface area contributed by atoms with Gasteiger partial charge in [0.05, 0.1) is 0 Å². The van der Waals surface area contributed by atoms with Gasteiger partial charge in [-0.25, -0.2) is 0 Å². The Morgan fingerprint density at radius 2 is 1.33 bits per heavy atom. The highest BCUT2D eigenvalue weighted by molar-refractivity contribution is 5.28. The first-order valence-electron chi connectivity index (χ1n) is 4.65. The normalized spacial score (nSPS) is 18.3. The summed E-state index contributed by atoms with van der Waals surface area (Å²) < 4.78 is 64.5. The summed E-state index contributed by atoms with van der Waals surface area (Å²) in [5.41, 5.74) is -3.61. The third-order valence-corrected chi connectivity index (χ3v) is 2.39. The topological polar surface area (TPSA) is 49.4 Å². The van der Waals surface area contributed by atoms with Crippen LogP contribution >= 0.6 is 0 Å². The summed E-state index contributed by atoms with van der Waals surface area (Å²) >= 11 is 0. The Balaban J connectivity index is 2.61. The van der Waals surface area contributed by atoms with Crippen LogP contribution in [0.2, 0.25) is 0 Å². The highest BCUT2D eigenvalue weighted by atomic mass is 19.4. The van der Waals surface area contributed by atoms with E-state index in [9.17, 15) is 22.0 Å². The lowest BCUT2D eigenvalue weighted by Gasteiger charge is -2.30. The molecule has 9 heteroatoms. The summed E-state index contributed by atoms with van der Waals surface area (Å²) in [6.07, 6.45) is -5.81. The molecule has 0 amide bonds. The second kappa shape index (κ2) is 3.79. The number of hydrogen-bond donors (Lipinski definition) is 0. The maximum atomic E-state index is 13.5. The van der Waals surface area contributed by atoms with Crippen molar-refractivity contribution in [3.63, 3.8) is 0 Å². The van der Waals surface area contributed by atoms with E-state index >= 15 is 0 Å². The Labute approximate surface area is 97.2 Å². The molecule has 1 aromatic rings. The van der Waals surface area contributed by atoms with Gasteiger partial charge < -0.3 is 0 Å². The first-order valence-corrected chi connectivity index (χ1v) is 4.65. The first kappa shape index (κ1) is 12.5. The zero-order valence-corrected chi connectivity index (χ0v) is 8.57. The minimum Gasteiger partial charge on any atom is -0.191 e. The Hall–Kier alpha value is -1.93. The Morgan fingerprint density at radius 1 is 0.833 bits per heavy atom. The maximum absolute atomic E-state index is 13.5. The van der Waals surface area contributed by atoms with Crippen LogP contribution in [0, 0.1) is 0 Å². The number of benzene rings is 1. The van der Waals surface area contributed by atoms with Crippen LogP contribution in [0.3, 0.4) is 0 Å². The molecule has 0 radical (unpaired) electrons. The summed E-state index contributed by atoms with van der Waals surface area (Å²) in [6.45, 7) is 0. The fourth-order valence-electron chi connectivity index (χ4n) is 1.48. The largest absolute Gasteiger partial charge is 0.458 e. The second-order valence-electron chi connectivity index (χ2n) is 3.49. The number of alkyl halides is 5. The second-order valence-corrected chi connectivity index (χ2v) is 3.49. The van der Waals surface area contributed by atoms with Crippen molar-refractivity contribution in [2.75, 3.05) is 0 Å². The summed E-state index contributed by atoms with van der Waals surface area (Å²) in [4.78, 5) is 0. The quantitative estimate of drug-likeness (QED) is 0.728. The molecule has 4 nitrogen and oxygen atoms in total. The van der Waals surface area contributed by atoms with E-state index in [1.165, 1.54) is 18.2 Å².